The van der Waals surface area contributed by atoms with Crippen LogP contribution in [0.4, 0.5) is 28.9 Å². The lowest BCUT2D eigenvalue weighted by atomic mass is 10.1. The van der Waals surface area contributed by atoms with Crippen LogP contribution >= 0.6 is 0 Å². The molecule has 0 aromatic heterocycles. The standard InChI is InChI=1S/C21H13F4N3O6/c22-16-7-3-1-6-14(16)12-33-26-11-13-5-2-4-8-19(13)34-20-17(27(29)30)9-15(21(23,24)25)10-18(20)28(31)32/h1-11H,12H2/b26-11-. The first-order valence-corrected chi connectivity index (χ1v) is 9.27. The van der Waals surface area contributed by atoms with E-state index in [0.717, 1.165) is 6.21 Å². The van der Waals surface area contributed by atoms with Crippen molar-refractivity contribution in [3.05, 3.63) is 103 Å². The maximum atomic E-state index is 13.6. The summed E-state index contributed by atoms with van der Waals surface area (Å²) in [6.45, 7) is -0.220. The van der Waals surface area contributed by atoms with E-state index in [0.29, 0.717) is 0 Å². The third kappa shape index (κ3) is 5.62. The number of para-hydroxylation sites is 1. The van der Waals surface area contributed by atoms with E-state index in [1.807, 2.05) is 0 Å². The molecule has 0 radical (unpaired) electrons. The Kier molecular flexibility index (Phi) is 7.04. The lowest BCUT2D eigenvalue weighted by Crippen LogP contribution is -2.08. The van der Waals surface area contributed by atoms with E-state index in [2.05, 4.69) is 5.16 Å². The molecule has 0 aliphatic rings. The third-order valence-electron chi connectivity index (χ3n) is 4.35. The summed E-state index contributed by atoms with van der Waals surface area (Å²) in [5, 5.41) is 26.4. The van der Waals surface area contributed by atoms with Gasteiger partial charge in [0.2, 0.25) is 0 Å². The normalized spacial score (nSPS) is 11.4. The van der Waals surface area contributed by atoms with Crippen LogP contribution in [-0.4, -0.2) is 16.1 Å². The minimum Gasteiger partial charge on any atom is -0.443 e. The fourth-order valence-electron chi connectivity index (χ4n) is 2.74. The lowest BCUT2D eigenvalue weighted by Gasteiger charge is -2.12. The number of hydrogen-bond acceptors (Lipinski definition) is 7. The van der Waals surface area contributed by atoms with Crippen molar-refractivity contribution in [3.63, 3.8) is 0 Å². The maximum Gasteiger partial charge on any atom is 0.416 e. The summed E-state index contributed by atoms with van der Waals surface area (Å²) in [5.41, 5.74) is -3.72. The van der Waals surface area contributed by atoms with E-state index in [-0.39, 0.29) is 35.6 Å². The molecule has 0 unspecified atom stereocenters. The third-order valence-corrected chi connectivity index (χ3v) is 4.35. The smallest absolute Gasteiger partial charge is 0.416 e. The minimum absolute atomic E-state index is 0.125. The number of oxime groups is 1. The molecule has 176 valence electrons. The molecule has 0 spiro atoms. The Morgan fingerprint density at radius 1 is 0.941 bits per heavy atom. The zero-order valence-electron chi connectivity index (χ0n) is 16.9. The molecule has 3 rings (SSSR count). The monoisotopic (exact) mass is 479 g/mol. The Bertz CT molecular complexity index is 1230. The Morgan fingerprint density at radius 3 is 2.12 bits per heavy atom. The maximum absolute atomic E-state index is 13.6. The number of halogens is 4. The van der Waals surface area contributed by atoms with Gasteiger partial charge < -0.3 is 9.57 Å². The first-order valence-electron chi connectivity index (χ1n) is 9.27. The fourth-order valence-corrected chi connectivity index (χ4v) is 2.74. The topological polar surface area (TPSA) is 117 Å². The molecule has 13 heteroatoms. The molecular formula is C21H13F4N3O6. The van der Waals surface area contributed by atoms with Gasteiger partial charge in [-0.1, -0.05) is 35.5 Å². The molecule has 3 aromatic rings. The first kappa shape index (κ1) is 24.1. The van der Waals surface area contributed by atoms with E-state index < -0.39 is 44.5 Å². The number of nitrogens with zero attached hydrogens (tertiary/aromatic N) is 3. The summed E-state index contributed by atoms with van der Waals surface area (Å²) in [6, 6.07) is 11.7. The van der Waals surface area contributed by atoms with Gasteiger partial charge in [0.05, 0.1) is 21.6 Å². The van der Waals surface area contributed by atoms with Gasteiger partial charge in [0.25, 0.3) is 5.75 Å². The second kappa shape index (κ2) is 9.94. The van der Waals surface area contributed by atoms with Gasteiger partial charge in [0.15, 0.2) is 0 Å². The van der Waals surface area contributed by atoms with Crippen molar-refractivity contribution in [2.24, 2.45) is 5.16 Å². The van der Waals surface area contributed by atoms with E-state index >= 15 is 0 Å². The van der Waals surface area contributed by atoms with Crippen molar-refractivity contribution in [1.29, 1.82) is 0 Å². The molecular weight excluding hydrogens is 466 g/mol. The summed E-state index contributed by atoms with van der Waals surface area (Å²) in [5.74, 6) is -1.69. The average Bonchev–Trinajstić information content (AvgIpc) is 2.77. The van der Waals surface area contributed by atoms with Crippen LogP contribution in [-0.2, 0) is 17.6 Å². The Morgan fingerprint density at radius 2 is 1.53 bits per heavy atom. The number of rotatable bonds is 8. The summed E-state index contributed by atoms with van der Waals surface area (Å²) in [7, 11) is 0. The SMILES string of the molecule is O=[N+]([O-])c1cc(C(F)(F)F)cc([N+](=O)[O-])c1Oc1ccccc1/C=N\OCc1ccccc1F. The zero-order valence-corrected chi connectivity index (χ0v) is 16.9. The van der Waals surface area contributed by atoms with Crippen LogP contribution in [0.3, 0.4) is 0 Å². The highest BCUT2D eigenvalue weighted by Crippen LogP contribution is 2.44. The molecule has 9 nitrogen and oxygen atoms in total. The second-order valence-corrected chi connectivity index (χ2v) is 6.59. The van der Waals surface area contributed by atoms with Crippen molar-refractivity contribution in [2.45, 2.75) is 12.8 Å². The first-order chi connectivity index (χ1) is 16.1. The van der Waals surface area contributed by atoms with Crippen molar-refractivity contribution >= 4 is 17.6 Å². The van der Waals surface area contributed by atoms with Gasteiger partial charge in [0.1, 0.15) is 18.2 Å². The molecule has 0 heterocycles. The van der Waals surface area contributed by atoms with E-state index in [1.54, 1.807) is 6.07 Å². The quantitative estimate of drug-likeness (QED) is 0.169. The van der Waals surface area contributed by atoms with Gasteiger partial charge in [-0.2, -0.15) is 13.2 Å². The van der Waals surface area contributed by atoms with Crippen LogP contribution in [0.5, 0.6) is 11.5 Å². The van der Waals surface area contributed by atoms with E-state index in [9.17, 15) is 37.8 Å². The molecule has 3 aromatic carbocycles. The van der Waals surface area contributed by atoms with Crippen LogP contribution in [0.25, 0.3) is 0 Å². The summed E-state index contributed by atoms with van der Waals surface area (Å²) < 4.78 is 58.2. The number of nitro groups is 2. The van der Waals surface area contributed by atoms with Crippen molar-refractivity contribution in [3.8, 4) is 11.5 Å². The van der Waals surface area contributed by atoms with Crippen LogP contribution in [0.2, 0.25) is 0 Å². The fraction of sp³-hybridized carbons (Fsp3) is 0.0952. The second-order valence-electron chi connectivity index (χ2n) is 6.59. The highest BCUT2D eigenvalue weighted by molar-refractivity contribution is 5.83. The average molecular weight is 479 g/mol. The van der Waals surface area contributed by atoms with Crippen molar-refractivity contribution in [1.82, 2.24) is 0 Å². The largest absolute Gasteiger partial charge is 0.443 e. The molecule has 34 heavy (non-hydrogen) atoms. The van der Waals surface area contributed by atoms with Gasteiger partial charge in [-0.15, -0.1) is 0 Å². The summed E-state index contributed by atoms with van der Waals surface area (Å²) in [6.07, 6.45) is -3.97. The van der Waals surface area contributed by atoms with E-state index in [1.165, 1.54) is 42.5 Å². The number of hydrogen-bond donors (Lipinski definition) is 0. The Labute approximate surface area is 188 Å². The minimum atomic E-state index is -5.06. The molecule has 0 aliphatic heterocycles. The van der Waals surface area contributed by atoms with Gasteiger partial charge in [-0.05, 0) is 18.2 Å². The van der Waals surface area contributed by atoms with E-state index in [4.69, 9.17) is 9.57 Å². The van der Waals surface area contributed by atoms with Crippen molar-refractivity contribution < 1.29 is 37.0 Å². The number of alkyl halides is 3. The Hall–Kier alpha value is -4.55. The molecule has 0 bridgehead atoms. The van der Waals surface area contributed by atoms with Crippen LogP contribution in [0, 0.1) is 26.0 Å². The highest BCUT2D eigenvalue weighted by Gasteiger charge is 2.38. The Balaban J connectivity index is 1.93. The van der Waals surface area contributed by atoms with Crippen LogP contribution < -0.4 is 4.74 Å². The van der Waals surface area contributed by atoms with Crippen LogP contribution in [0.15, 0.2) is 65.8 Å². The highest BCUT2D eigenvalue weighted by atomic mass is 19.4. The molecule has 0 saturated heterocycles. The van der Waals surface area contributed by atoms with Crippen LogP contribution in [0.1, 0.15) is 16.7 Å². The molecule has 0 fully saturated rings. The van der Waals surface area contributed by atoms with Crippen molar-refractivity contribution in [2.75, 3.05) is 0 Å². The number of benzene rings is 3. The molecule has 0 N–H and O–H groups in total. The van der Waals surface area contributed by atoms with Gasteiger partial charge in [-0.3, -0.25) is 20.2 Å². The van der Waals surface area contributed by atoms with Gasteiger partial charge in [0, 0.05) is 23.3 Å². The lowest BCUT2D eigenvalue weighted by molar-refractivity contribution is -0.396. The van der Waals surface area contributed by atoms with Gasteiger partial charge >= 0.3 is 17.6 Å². The summed E-state index contributed by atoms with van der Waals surface area (Å²) in [4.78, 5) is 25.4. The summed E-state index contributed by atoms with van der Waals surface area (Å²) >= 11 is 0. The van der Waals surface area contributed by atoms with Gasteiger partial charge in [-0.25, -0.2) is 4.39 Å². The molecule has 0 amide bonds. The predicted octanol–water partition coefficient (Wildman–Crippen LogP) is 6.00. The molecule has 0 saturated carbocycles. The number of nitro benzene ring substituents is 2. The molecule has 0 aliphatic carbocycles. The molecule has 0 atom stereocenters. The predicted molar refractivity (Wildman–Crippen MR) is 110 cm³/mol. The zero-order chi connectivity index (χ0) is 24.9. The number of ether oxygens (including phenoxy) is 1.